The van der Waals surface area contributed by atoms with Crippen molar-refractivity contribution in [2.24, 2.45) is 0 Å². The van der Waals surface area contributed by atoms with Crippen LogP contribution in [0.5, 0.6) is 5.75 Å². The van der Waals surface area contributed by atoms with E-state index in [9.17, 15) is 4.79 Å². The summed E-state index contributed by atoms with van der Waals surface area (Å²) in [5.74, 6) is 0.763. The maximum atomic E-state index is 11.7. The monoisotopic (exact) mass is 254 g/mol. The van der Waals surface area contributed by atoms with Gasteiger partial charge < -0.3 is 15.4 Å². The van der Waals surface area contributed by atoms with Crippen molar-refractivity contribution < 1.29 is 9.53 Å². The minimum Gasteiger partial charge on any atom is -0.496 e. The molecule has 1 atom stereocenters. The van der Waals surface area contributed by atoms with Crippen LogP contribution in [0.4, 0.5) is 10.5 Å². The van der Waals surface area contributed by atoms with Crippen molar-refractivity contribution in [3.05, 3.63) is 59.7 Å². The van der Waals surface area contributed by atoms with Crippen LogP contribution in [0.1, 0.15) is 17.2 Å². The lowest BCUT2D eigenvalue weighted by Crippen LogP contribution is -2.38. The van der Waals surface area contributed by atoms with Gasteiger partial charge in [0, 0.05) is 5.56 Å². The highest BCUT2D eigenvalue weighted by Gasteiger charge is 2.28. The number of urea groups is 1. The maximum Gasteiger partial charge on any atom is 0.320 e. The van der Waals surface area contributed by atoms with E-state index >= 15 is 0 Å². The average molecular weight is 254 g/mol. The second kappa shape index (κ2) is 4.65. The van der Waals surface area contributed by atoms with Crippen LogP contribution in [-0.4, -0.2) is 13.1 Å². The third-order valence-corrected chi connectivity index (χ3v) is 3.23. The van der Waals surface area contributed by atoms with Crippen LogP contribution >= 0.6 is 0 Å². The van der Waals surface area contributed by atoms with E-state index in [-0.39, 0.29) is 12.1 Å². The molecule has 0 radical (unpaired) electrons. The lowest BCUT2D eigenvalue weighted by molar-refractivity contribution is 0.248. The second-order valence-electron chi connectivity index (χ2n) is 4.36. The molecule has 1 aliphatic heterocycles. The largest absolute Gasteiger partial charge is 0.496 e. The molecular weight excluding hydrogens is 240 g/mol. The molecule has 0 fully saturated rings. The third-order valence-electron chi connectivity index (χ3n) is 3.23. The van der Waals surface area contributed by atoms with Gasteiger partial charge in [0.1, 0.15) is 5.75 Å². The average Bonchev–Trinajstić information content (AvgIpc) is 2.46. The highest BCUT2D eigenvalue weighted by atomic mass is 16.5. The fourth-order valence-corrected chi connectivity index (χ4v) is 2.39. The first-order valence-electron chi connectivity index (χ1n) is 6.09. The molecule has 0 aromatic heterocycles. The van der Waals surface area contributed by atoms with Crippen LogP contribution in [0.15, 0.2) is 48.5 Å². The quantitative estimate of drug-likeness (QED) is 0.865. The van der Waals surface area contributed by atoms with Gasteiger partial charge in [-0.1, -0.05) is 36.4 Å². The van der Waals surface area contributed by atoms with Crippen LogP contribution in [-0.2, 0) is 0 Å². The predicted molar refractivity (Wildman–Crippen MR) is 73.4 cm³/mol. The Morgan fingerprint density at radius 2 is 1.84 bits per heavy atom. The van der Waals surface area contributed by atoms with Crippen molar-refractivity contribution in [1.82, 2.24) is 5.32 Å². The Labute approximate surface area is 111 Å². The van der Waals surface area contributed by atoms with Crippen molar-refractivity contribution in [2.75, 3.05) is 12.4 Å². The van der Waals surface area contributed by atoms with E-state index in [1.807, 2.05) is 48.5 Å². The van der Waals surface area contributed by atoms with Crippen LogP contribution in [0.25, 0.3) is 0 Å². The van der Waals surface area contributed by atoms with Gasteiger partial charge in [0.25, 0.3) is 0 Å². The number of amides is 2. The zero-order chi connectivity index (χ0) is 13.2. The fourth-order valence-electron chi connectivity index (χ4n) is 2.39. The SMILES string of the molecule is COc1cccc2c1C(c1ccccc1)NC(=O)N2. The van der Waals surface area contributed by atoms with Crippen molar-refractivity contribution in [1.29, 1.82) is 0 Å². The number of ether oxygens (including phenoxy) is 1. The van der Waals surface area contributed by atoms with Crippen molar-refractivity contribution >= 4 is 11.7 Å². The number of rotatable bonds is 2. The lowest BCUT2D eigenvalue weighted by atomic mass is 9.95. The van der Waals surface area contributed by atoms with Crippen LogP contribution in [0.2, 0.25) is 0 Å². The zero-order valence-electron chi connectivity index (χ0n) is 10.5. The highest BCUT2D eigenvalue weighted by molar-refractivity contribution is 5.94. The van der Waals surface area contributed by atoms with Crippen molar-refractivity contribution in [2.45, 2.75) is 6.04 Å². The van der Waals surface area contributed by atoms with Gasteiger partial charge in [-0.25, -0.2) is 4.79 Å². The molecule has 0 saturated carbocycles. The molecule has 3 rings (SSSR count). The molecule has 2 aromatic carbocycles. The molecule has 1 unspecified atom stereocenters. The van der Waals surface area contributed by atoms with E-state index < -0.39 is 0 Å². The standard InChI is InChI=1S/C15H14N2O2/c1-19-12-9-5-8-11-13(12)14(17-15(18)16-11)10-6-3-2-4-7-10/h2-9,14H,1H3,(H2,16,17,18). The van der Waals surface area contributed by atoms with E-state index in [0.29, 0.717) is 0 Å². The van der Waals surface area contributed by atoms with E-state index in [0.717, 1.165) is 22.6 Å². The second-order valence-corrected chi connectivity index (χ2v) is 4.36. The van der Waals surface area contributed by atoms with Crippen LogP contribution in [0, 0.1) is 0 Å². The Morgan fingerprint density at radius 3 is 2.58 bits per heavy atom. The first kappa shape index (κ1) is 11.6. The summed E-state index contributed by atoms with van der Waals surface area (Å²) in [6.45, 7) is 0. The van der Waals surface area contributed by atoms with E-state index in [1.165, 1.54) is 0 Å². The lowest BCUT2D eigenvalue weighted by Gasteiger charge is -2.29. The summed E-state index contributed by atoms with van der Waals surface area (Å²) in [6, 6.07) is 15.1. The Balaban J connectivity index is 2.16. The summed E-state index contributed by atoms with van der Waals surface area (Å²) in [5.41, 5.74) is 2.77. The number of hydrogen-bond donors (Lipinski definition) is 2. The van der Waals surface area contributed by atoms with E-state index in [1.54, 1.807) is 7.11 Å². The van der Waals surface area contributed by atoms with Crippen LogP contribution < -0.4 is 15.4 Å². The highest BCUT2D eigenvalue weighted by Crippen LogP contribution is 2.38. The first-order chi connectivity index (χ1) is 9.29. The van der Waals surface area contributed by atoms with Gasteiger partial charge in [0.15, 0.2) is 0 Å². The van der Waals surface area contributed by atoms with Gasteiger partial charge in [-0.15, -0.1) is 0 Å². The minimum absolute atomic E-state index is 0.193. The molecule has 1 aliphatic rings. The normalized spacial score (nSPS) is 17.1. The number of methoxy groups -OCH3 is 1. The molecule has 1 heterocycles. The van der Waals surface area contributed by atoms with Gasteiger partial charge in [0.05, 0.1) is 18.8 Å². The Kier molecular flexibility index (Phi) is 2.83. The summed E-state index contributed by atoms with van der Waals surface area (Å²) >= 11 is 0. The molecule has 0 saturated heterocycles. The van der Waals surface area contributed by atoms with Crippen molar-refractivity contribution in [3.63, 3.8) is 0 Å². The molecule has 4 nitrogen and oxygen atoms in total. The molecule has 2 aromatic rings. The number of carbonyl (C=O) groups is 1. The van der Waals surface area contributed by atoms with E-state index in [2.05, 4.69) is 10.6 Å². The number of fused-ring (bicyclic) bond motifs is 1. The minimum atomic E-state index is -0.199. The van der Waals surface area contributed by atoms with Crippen LogP contribution in [0.3, 0.4) is 0 Å². The van der Waals surface area contributed by atoms with Gasteiger partial charge >= 0.3 is 6.03 Å². The maximum absolute atomic E-state index is 11.7. The Morgan fingerprint density at radius 1 is 1.05 bits per heavy atom. The predicted octanol–water partition coefficient (Wildman–Crippen LogP) is 2.92. The number of nitrogens with one attached hydrogen (secondary N) is 2. The molecule has 2 amide bonds. The summed E-state index contributed by atoms with van der Waals surface area (Å²) in [5, 5.41) is 5.74. The van der Waals surface area contributed by atoms with Gasteiger partial charge in [-0.2, -0.15) is 0 Å². The zero-order valence-corrected chi connectivity index (χ0v) is 10.5. The molecule has 19 heavy (non-hydrogen) atoms. The van der Waals surface area contributed by atoms with Gasteiger partial charge in [-0.3, -0.25) is 0 Å². The van der Waals surface area contributed by atoms with Gasteiger partial charge in [0.2, 0.25) is 0 Å². The molecule has 0 aliphatic carbocycles. The first-order valence-corrected chi connectivity index (χ1v) is 6.09. The Hall–Kier alpha value is -2.49. The van der Waals surface area contributed by atoms with Crippen molar-refractivity contribution in [3.8, 4) is 5.75 Å². The molecule has 96 valence electrons. The number of benzene rings is 2. The summed E-state index contributed by atoms with van der Waals surface area (Å²) in [7, 11) is 1.63. The smallest absolute Gasteiger partial charge is 0.320 e. The number of hydrogen-bond acceptors (Lipinski definition) is 2. The molecular formula is C15H14N2O2. The molecule has 0 bridgehead atoms. The molecule has 2 N–H and O–H groups in total. The van der Waals surface area contributed by atoms with E-state index in [4.69, 9.17) is 4.74 Å². The summed E-state index contributed by atoms with van der Waals surface area (Å²) in [6.07, 6.45) is 0. The summed E-state index contributed by atoms with van der Waals surface area (Å²) < 4.78 is 5.41. The summed E-state index contributed by atoms with van der Waals surface area (Å²) in [4.78, 5) is 11.7. The fraction of sp³-hybridized carbons (Fsp3) is 0.133. The van der Waals surface area contributed by atoms with Gasteiger partial charge in [-0.05, 0) is 17.7 Å². The Bertz CT molecular complexity index is 611. The molecule has 0 spiro atoms. The topological polar surface area (TPSA) is 50.4 Å². The number of anilines is 1. The third kappa shape index (κ3) is 2.01. The molecule has 4 heteroatoms. The number of carbonyl (C=O) groups excluding carboxylic acids is 1.